The molecule has 0 radical (unpaired) electrons. The lowest BCUT2D eigenvalue weighted by Gasteiger charge is -2.34. The molecule has 0 bridgehead atoms. The summed E-state index contributed by atoms with van der Waals surface area (Å²) in [7, 11) is -3.54. The van der Waals surface area contributed by atoms with Crippen molar-refractivity contribution in [2.45, 2.75) is 30.7 Å². The van der Waals surface area contributed by atoms with Crippen LogP contribution in [0.2, 0.25) is 5.02 Å². The predicted octanol–water partition coefficient (Wildman–Crippen LogP) is 3.44. The maximum atomic E-state index is 12.9. The number of nitrogens with zero attached hydrogens (tertiary/aromatic N) is 2. The highest BCUT2D eigenvalue weighted by Gasteiger charge is 2.28. The van der Waals surface area contributed by atoms with Crippen LogP contribution in [0.4, 0.5) is 0 Å². The van der Waals surface area contributed by atoms with E-state index >= 15 is 0 Å². The van der Waals surface area contributed by atoms with E-state index in [0.717, 1.165) is 30.2 Å². The summed E-state index contributed by atoms with van der Waals surface area (Å²) in [6.07, 6.45) is 3.23. The Morgan fingerprint density at radius 1 is 0.935 bits per heavy atom. The van der Waals surface area contributed by atoms with Crippen LogP contribution in [-0.4, -0.2) is 43.8 Å². The first-order valence-electron chi connectivity index (χ1n) is 10.5. The zero-order valence-corrected chi connectivity index (χ0v) is 18.6. The van der Waals surface area contributed by atoms with E-state index in [1.54, 1.807) is 18.2 Å². The number of fused-ring (bicyclic) bond motifs is 2. The second kappa shape index (κ2) is 8.06. The van der Waals surface area contributed by atoms with Crippen LogP contribution >= 0.6 is 11.6 Å². The topological polar surface area (TPSA) is 70.8 Å². The van der Waals surface area contributed by atoms with Gasteiger partial charge in [0.1, 0.15) is 5.58 Å². The summed E-state index contributed by atoms with van der Waals surface area (Å²) in [5.41, 5.74) is 3.85. The molecule has 0 amide bonds. The van der Waals surface area contributed by atoms with Gasteiger partial charge in [0.15, 0.2) is 0 Å². The summed E-state index contributed by atoms with van der Waals surface area (Å²) in [6, 6.07) is 12.0. The molecule has 5 rings (SSSR count). The fourth-order valence-electron chi connectivity index (χ4n) is 4.55. The molecule has 0 saturated carbocycles. The summed E-state index contributed by atoms with van der Waals surface area (Å²) in [5.74, 6) is 0. The van der Waals surface area contributed by atoms with Gasteiger partial charge in [-0.3, -0.25) is 4.90 Å². The Labute approximate surface area is 186 Å². The summed E-state index contributed by atoms with van der Waals surface area (Å²) in [6.45, 7) is 2.59. The molecule has 3 aromatic rings. The van der Waals surface area contributed by atoms with Crippen molar-refractivity contribution in [1.29, 1.82) is 0 Å². The SMILES string of the molecule is O=c1cc(CN2CCN(S(=O)(=O)c3ccc(Cl)cc3)CC2)c2cc3c(cc2o1)CCC3. The van der Waals surface area contributed by atoms with Crippen LogP contribution in [0.5, 0.6) is 0 Å². The summed E-state index contributed by atoms with van der Waals surface area (Å²) >= 11 is 5.88. The van der Waals surface area contributed by atoms with Gasteiger partial charge in [0.2, 0.25) is 10.0 Å². The molecule has 1 aliphatic heterocycles. The van der Waals surface area contributed by atoms with Crippen molar-refractivity contribution < 1.29 is 12.8 Å². The predicted molar refractivity (Wildman–Crippen MR) is 120 cm³/mol. The molecule has 8 heteroatoms. The molecule has 0 spiro atoms. The highest BCUT2D eigenvalue weighted by molar-refractivity contribution is 7.89. The van der Waals surface area contributed by atoms with Gasteiger partial charge < -0.3 is 4.42 Å². The molecule has 1 fully saturated rings. The van der Waals surface area contributed by atoms with Crippen molar-refractivity contribution in [3.63, 3.8) is 0 Å². The Balaban J connectivity index is 1.33. The molecule has 1 saturated heterocycles. The van der Waals surface area contributed by atoms with Crippen molar-refractivity contribution in [3.05, 3.63) is 74.6 Å². The molecule has 2 aromatic carbocycles. The van der Waals surface area contributed by atoms with Gasteiger partial charge in [0.05, 0.1) is 4.90 Å². The molecule has 1 aromatic heterocycles. The van der Waals surface area contributed by atoms with Crippen molar-refractivity contribution in [2.24, 2.45) is 0 Å². The number of hydrogen-bond acceptors (Lipinski definition) is 5. The monoisotopic (exact) mass is 458 g/mol. The van der Waals surface area contributed by atoms with Crippen LogP contribution in [0.1, 0.15) is 23.1 Å². The summed E-state index contributed by atoms with van der Waals surface area (Å²) in [4.78, 5) is 14.6. The third-order valence-corrected chi connectivity index (χ3v) is 8.38. The van der Waals surface area contributed by atoms with Gasteiger partial charge in [-0.25, -0.2) is 13.2 Å². The smallest absolute Gasteiger partial charge is 0.336 e. The van der Waals surface area contributed by atoms with Gasteiger partial charge in [-0.2, -0.15) is 4.31 Å². The van der Waals surface area contributed by atoms with Crippen LogP contribution in [0.25, 0.3) is 11.0 Å². The highest BCUT2D eigenvalue weighted by Crippen LogP contribution is 2.29. The fourth-order valence-corrected chi connectivity index (χ4v) is 6.10. The molecule has 0 unspecified atom stereocenters. The maximum absolute atomic E-state index is 12.9. The number of sulfonamides is 1. The third-order valence-electron chi connectivity index (χ3n) is 6.22. The first kappa shape index (κ1) is 20.7. The average Bonchev–Trinajstić information content (AvgIpc) is 3.20. The van der Waals surface area contributed by atoms with Crippen LogP contribution in [0, 0.1) is 0 Å². The van der Waals surface area contributed by atoms with Crippen LogP contribution in [0.3, 0.4) is 0 Å². The Morgan fingerprint density at radius 2 is 1.61 bits per heavy atom. The van der Waals surface area contributed by atoms with Gasteiger partial charge in [0, 0.05) is 49.2 Å². The number of piperazine rings is 1. The zero-order chi connectivity index (χ0) is 21.6. The molecule has 162 valence electrons. The van der Waals surface area contributed by atoms with E-state index in [1.165, 1.54) is 27.6 Å². The molecule has 0 N–H and O–H groups in total. The number of hydrogen-bond donors (Lipinski definition) is 0. The van der Waals surface area contributed by atoms with E-state index in [2.05, 4.69) is 11.0 Å². The van der Waals surface area contributed by atoms with E-state index in [1.807, 2.05) is 6.07 Å². The van der Waals surface area contributed by atoms with E-state index < -0.39 is 10.0 Å². The lowest BCUT2D eigenvalue weighted by Crippen LogP contribution is -2.48. The second-order valence-electron chi connectivity index (χ2n) is 8.20. The Kier molecular flexibility index (Phi) is 5.38. The zero-order valence-electron chi connectivity index (χ0n) is 17.0. The van der Waals surface area contributed by atoms with Gasteiger partial charge in [-0.1, -0.05) is 11.6 Å². The van der Waals surface area contributed by atoms with Crippen LogP contribution < -0.4 is 5.63 Å². The molecule has 2 heterocycles. The number of aryl methyl sites for hydroxylation is 2. The van der Waals surface area contributed by atoms with E-state index in [-0.39, 0.29) is 10.5 Å². The molecular weight excluding hydrogens is 436 g/mol. The standard InChI is InChI=1S/C23H23ClN2O4S/c24-19-4-6-20(7-5-19)31(28,29)26-10-8-25(9-11-26)15-18-14-23(27)30-22-13-17-3-1-2-16(17)12-21(18)22/h4-7,12-14H,1-3,8-11,15H2. The minimum Gasteiger partial charge on any atom is -0.423 e. The van der Waals surface area contributed by atoms with Crippen molar-refractivity contribution in [1.82, 2.24) is 9.21 Å². The maximum Gasteiger partial charge on any atom is 0.336 e. The number of benzene rings is 2. The lowest BCUT2D eigenvalue weighted by molar-refractivity contribution is 0.182. The van der Waals surface area contributed by atoms with Crippen LogP contribution in [-0.2, 0) is 29.4 Å². The second-order valence-corrected chi connectivity index (χ2v) is 10.6. The van der Waals surface area contributed by atoms with Gasteiger partial charge in [-0.05, 0) is 72.4 Å². The van der Waals surface area contributed by atoms with Gasteiger partial charge >= 0.3 is 5.63 Å². The molecule has 31 heavy (non-hydrogen) atoms. The minimum atomic E-state index is -3.54. The summed E-state index contributed by atoms with van der Waals surface area (Å²) in [5, 5.41) is 1.49. The average molecular weight is 459 g/mol. The Morgan fingerprint density at radius 3 is 2.32 bits per heavy atom. The van der Waals surface area contributed by atoms with Crippen molar-refractivity contribution in [3.8, 4) is 0 Å². The first-order chi connectivity index (χ1) is 14.9. The number of halogens is 1. The third kappa shape index (κ3) is 4.03. The molecular formula is C23H23ClN2O4S. The summed E-state index contributed by atoms with van der Waals surface area (Å²) < 4.78 is 32.8. The highest BCUT2D eigenvalue weighted by atomic mass is 35.5. The van der Waals surface area contributed by atoms with Crippen molar-refractivity contribution >= 4 is 32.6 Å². The van der Waals surface area contributed by atoms with E-state index in [4.69, 9.17) is 16.0 Å². The Bertz CT molecular complexity index is 1290. The lowest BCUT2D eigenvalue weighted by atomic mass is 10.0. The molecule has 1 aliphatic carbocycles. The first-order valence-corrected chi connectivity index (χ1v) is 12.3. The normalized spacial score (nSPS) is 17.8. The molecule has 2 aliphatic rings. The van der Waals surface area contributed by atoms with Crippen molar-refractivity contribution in [2.75, 3.05) is 26.2 Å². The van der Waals surface area contributed by atoms with Gasteiger partial charge in [0.25, 0.3) is 0 Å². The number of rotatable bonds is 4. The molecule has 0 atom stereocenters. The van der Waals surface area contributed by atoms with Gasteiger partial charge in [-0.15, -0.1) is 0 Å². The van der Waals surface area contributed by atoms with E-state index in [9.17, 15) is 13.2 Å². The fraction of sp³-hybridized carbons (Fsp3) is 0.348. The molecule has 6 nitrogen and oxygen atoms in total. The minimum absolute atomic E-state index is 0.255. The largest absolute Gasteiger partial charge is 0.423 e. The Hall–Kier alpha value is -2.19. The van der Waals surface area contributed by atoms with Crippen LogP contribution in [0.15, 0.2) is 56.6 Å². The quantitative estimate of drug-likeness (QED) is 0.560. The van der Waals surface area contributed by atoms with E-state index in [0.29, 0.717) is 43.3 Å².